The molecular formula is C13H17N3O2S2. The molecule has 20 heavy (non-hydrogen) atoms. The Labute approximate surface area is 123 Å². The molecule has 2 rings (SSSR count). The van der Waals surface area contributed by atoms with Crippen LogP contribution >= 0.6 is 11.3 Å². The van der Waals surface area contributed by atoms with Gasteiger partial charge in [0, 0.05) is 12.2 Å². The first kappa shape index (κ1) is 15.1. The van der Waals surface area contributed by atoms with E-state index in [1.165, 1.54) is 11.3 Å². The first-order chi connectivity index (χ1) is 9.51. The number of aryl methyl sites for hydroxylation is 1. The van der Waals surface area contributed by atoms with Crippen LogP contribution in [0.3, 0.4) is 0 Å². The van der Waals surface area contributed by atoms with Gasteiger partial charge in [-0.2, -0.15) is 0 Å². The van der Waals surface area contributed by atoms with Gasteiger partial charge < -0.3 is 5.32 Å². The van der Waals surface area contributed by atoms with Crippen LogP contribution in [0, 0.1) is 6.92 Å². The van der Waals surface area contributed by atoms with Crippen LogP contribution in [0.5, 0.6) is 0 Å². The number of hydrogen-bond acceptors (Lipinski definition) is 5. The van der Waals surface area contributed by atoms with Gasteiger partial charge in [0.15, 0.2) is 0 Å². The fourth-order valence-corrected chi connectivity index (χ4v) is 3.98. The molecule has 2 N–H and O–H groups in total. The summed E-state index contributed by atoms with van der Waals surface area (Å²) >= 11 is 1.22. The molecule has 2 heterocycles. The van der Waals surface area contributed by atoms with E-state index in [-0.39, 0.29) is 6.54 Å². The zero-order chi connectivity index (χ0) is 14.6. The van der Waals surface area contributed by atoms with E-state index in [1.807, 2.05) is 31.5 Å². The van der Waals surface area contributed by atoms with Crippen LogP contribution < -0.4 is 10.0 Å². The van der Waals surface area contributed by atoms with E-state index in [2.05, 4.69) is 15.0 Å². The van der Waals surface area contributed by atoms with Gasteiger partial charge in [-0.25, -0.2) is 13.1 Å². The van der Waals surface area contributed by atoms with E-state index in [9.17, 15) is 8.42 Å². The Morgan fingerprint density at radius 1 is 1.30 bits per heavy atom. The number of thiophene rings is 1. The second-order valence-electron chi connectivity index (χ2n) is 4.40. The van der Waals surface area contributed by atoms with Gasteiger partial charge in [0.05, 0.1) is 12.2 Å². The average molecular weight is 311 g/mol. The predicted molar refractivity (Wildman–Crippen MR) is 80.1 cm³/mol. The van der Waals surface area contributed by atoms with E-state index < -0.39 is 10.0 Å². The number of nitrogens with zero attached hydrogens (tertiary/aromatic N) is 1. The van der Waals surface area contributed by atoms with Gasteiger partial charge in [0.2, 0.25) is 10.0 Å². The molecule has 108 valence electrons. The molecule has 0 aromatic carbocycles. The molecule has 0 radical (unpaired) electrons. The van der Waals surface area contributed by atoms with Gasteiger partial charge in [0.1, 0.15) is 4.21 Å². The lowest BCUT2D eigenvalue weighted by Gasteiger charge is -2.05. The minimum atomic E-state index is -3.47. The van der Waals surface area contributed by atoms with Crippen LogP contribution in [0.1, 0.15) is 17.0 Å². The number of nitrogens with one attached hydrogen (secondary N) is 2. The highest BCUT2D eigenvalue weighted by molar-refractivity contribution is 7.91. The predicted octanol–water partition coefficient (Wildman–Crippen LogP) is 1.65. The number of hydrogen-bond donors (Lipinski definition) is 2. The molecule has 7 heteroatoms. The molecule has 0 spiro atoms. The highest BCUT2D eigenvalue weighted by Crippen LogP contribution is 2.20. The van der Waals surface area contributed by atoms with Crippen LogP contribution in [0.15, 0.2) is 33.9 Å². The zero-order valence-electron chi connectivity index (χ0n) is 11.4. The highest BCUT2D eigenvalue weighted by atomic mass is 32.2. The molecule has 0 bridgehead atoms. The maximum absolute atomic E-state index is 12.2. The molecule has 0 amide bonds. The van der Waals surface area contributed by atoms with Crippen molar-refractivity contribution in [1.82, 2.24) is 15.0 Å². The van der Waals surface area contributed by atoms with Crippen molar-refractivity contribution >= 4 is 21.4 Å². The molecule has 0 aliphatic heterocycles. The third-order valence-electron chi connectivity index (χ3n) is 2.66. The number of sulfonamides is 1. The summed E-state index contributed by atoms with van der Waals surface area (Å²) < 4.78 is 27.2. The van der Waals surface area contributed by atoms with E-state index in [1.54, 1.807) is 12.1 Å². The summed E-state index contributed by atoms with van der Waals surface area (Å²) in [5, 5.41) is 4.84. The standard InChI is InChI=1S/C13H17N3O2S2/c1-10-4-3-5-12(16-10)8-15-20(17,18)13-6-11(7-14-2)9-19-13/h3-6,9,14-15H,7-8H2,1-2H3. The fourth-order valence-electron chi connectivity index (χ4n) is 1.73. The molecule has 0 saturated carbocycles. The van der Waals surface area contributed by atoms with Crippen molar-refractivity contribution in [2.24, 2.45) is 0 Å². The van der Waals surface area contributed by atoms with E-state index >= 15 is 0 Å². The van der Waals surface area contributed by atoms with Gasteiger partial charge in [0.25, 0.3) is 0 Å². The van der Waals surface area contributed by atoms with E-state index in [0.717, 1.165) is 11.3 Å². The van der Waals surface area contributed by atoms with Crippen molar-refractivity contribution in [2.75, 3.05) is 7.05 Å². The molecule has 0 aliphatic rings. The van der Waals surface area contributed by atoms with Crippen molar-refractivity contribution in [3.63, 3.8) is 0 Å². The number of aromatic nitrogens is 1. The first-order valence-electron chi connectivity index (χ1n) is 6.15. The molecule has 0 unspecified atom stereocenters. The number of pyridine rings is 1. The van der Waals surface area contributed by atoms with E-state index in [0.29, 0.717) is 16.4 Å². The first-order valence-corrected chi connectivity index (χ1v) is 8.52. The largest absolute Gasteiger partial charge is 0.316 e. The lowest BCUT2D eigenvalue weighted by atomic mass is 10.3. The van der Waals surface area contributed by atoms with E-state index in [4.69, 9.17) is 0 Å². The fraction of sp³-hybridized carbons (Fsp3) is 0.308. The van der Waals surface area contributed by atoms with Crippen molar-refractivity contribution in [3.8, 4) is 0 Å². The Kier molecular flexibility index (Phi) is 4.87. The van der Waals surface area contributed by atoms with Crippen molar-refractivity contribution in [1.29, 1.82) is 0 Å². The summed E-state index contributed by atoms with van der Waals surface area (Å²) in [7, 11) is -1.64. The molecule has 2 aromatic rings. The molecule has 0 atom stereocenters. The minimum Gasteiger partial charge on any atom is -0.316 e. The molecular weight excluding hydrogens is 294 g/mol. The maximum Gasteiger partial charge on any atom is 0.250 e. The minimum absolute atomic E-state index is 0.198. The Bertz CT molecular complexity index is 680. The van der Waals surface area contributed by atoms with Gasteiger partial charge in [-0.3, -0.25) is 4.98 Å². The summed E-state index contributed by atoms with van der Waals surface area (Å²) in [6, 6.07) is 7.23. The van der Waals surface area contributed by atoms with Crippen LogP contribution in [0.4, 0.5) is 0 Å². The lowest BCUT2D eigenvalue weighted by molar-refractivity contribution is 0.582. The topological polar surface area (TPSA) is 71.1 Å². The Morgan fingerprint density at radius 3 is 2.80 bits per heavy atom. The summed E-state index contributed by atoms with van der Waals surface area (Å²) in [5.74, 6) is 0. The third kappa shape index (κ3) is 3.86. The highest BCUT2D eigenvalue weighted by Gasteiger charge is 2.16. The van der Waals surface area contributed by atoms with Crippen LogP contribution in [-0.4, -0.2) is 20.4 Å². The second-order valence-corrected chi connectivity index (χ2v) is 7.30. The smallest absolute Gasteiger partial charge is 0.250 e. The SMILES string of the molecule is CNCc1csc(S(=O)(=O)NCc2cccc(C)n2)c1. The molecule has 0 fully saturated rings. The van der Waals surface area contributed by atoms with Crippen LogP contribution in [-0.2, 0) is 23.1 Å². The zero-order valence-corrected chi connectivity index (χ0v) is 13.0. The number of rotatable bonds is 6. The third-order valence-corrected chi connectivity index (χ3v) is 5.55. The molecule has 0 saturated heterocycles. The van der Waals surface area contributed by atoms with Gasteiger partial charge in [-0.05, 0) is 43.1 Å². The van der Waals surface area contributed by atoms with Crippen LogP contribution in [0.25, 0.3) is 0 Å². The van der Waals surface area contributed by atoms with Gasteiger partial charge in [-0.1, -0.05) is 6.07 Å². The Balaban J connectivity index is 2.06. The monoisotopic (exact) mass is 311 g/mol. The summed E-state index contributed by atoms with van der Waals surface area (Å²) in [6.07, 6.45) is 0. The van der Waals surface area contributed by atoms with Crippen LogP contribution in [0.2, 0.25) is 0 Å². The normalized spacial score (nSPS) is 11.7. The quantitative estimate of drug-likeness (QED) is 0.851. The molecule has 2 aromatic heterocycles. The Hall–Kier alpha value is -1.28. The lowest BCUT2D eigenvalue weighted by Crippen LogP contribution is -2.23. The average Bonchev–Trinajstić information content (AvgIpc) is 2.87. The van der Waals surface area contributed by atoms with Crippen molar-refractivity contribution in [2.45, 2.75) is 24.2 Å². The molecule has 5 nitrogen and oxygen atoms in total. The molecule has 0 aliphatic carbocycles. The van der Waals surface area contributed by atoms with Gasteiger partial charge in [-0.15, -0.1) is 11.3 Å². The summed E-state index contributed by atoms with van der Waals surface area (Å²) in [6.45, 7) is 2.73. The van der Waals surface area contributed by atoms with Gasteiger partial charge >= 0.3 is 0 Å². The Morgan fingerprint density at radius 2 is 2.10 bits per heavy atom. The van der Waals surface area contributed by atoms with Crippen molar-refractivity contribution < 1.29 is 8.42 Å². The summed E-state index contributed by atoms with van der Waals surface area (Å²) in [5.41, 5.74) is 2.54. The summed E-state index contributed by atoms with van der Waals surface area (Å²) in [4.78, 5) is 4.27. The van der Waals surface area contributed by atoms with Crippen molar-refractivity contribution in [3.05, 3.63) is 46.6 Å². The second kappa shape index (κ2) is 6.45. The maximum atomic E-state index is 12.2.